The van der Waals surface area contributed by atoms with Crippen LogP contribution in [0.25, 0.3) is 0 Å². The van der Waals surface area contributed by atoms with Crippen LogP contribution in [-0.4, -0.2) is 11.3 Å². The van der Waals surface area contributed by atoms with Gasteiger partial charge in [0.25, 0.3) is 0 Å². The summed E-state index contributed by atoms with van der Waals surface area (Å²) in [4.78, 5) is 3.43. The second-order valence-electron chi connectivity index (χ2n) is 2.87. The Balaban J connectivity index is 3.22. The molecule has 0 radical (unpaired) electrons. The molecule has 0 unspecified atom stereocenters. The maximum atomic E-state index is 12.0. The van der Waals surface area contributed by atoms with Gasteiger partial charge in [0, 0.05) is 5.56 Å². The summed E-state index contributed by atoms with van der Waals surface area (Å²) in [6.45, 7) is 0. The molecule has 1 heterocycles. The van der Waals surface area contributed by atoms with Crippen LogP contribution in [-0.2, 0) is 6.42 Å². The van der Waals surface area contributed by atoms with E-state index in [1.807, 2.05) is 0 Å². The zero-order chi connectivity index (χ0) is 13.1. The van der Waals surface area contributed by atoms with Crippen molar-refractivity contribution in [2.45, 2.75) is 12.8 Å². The standard InChI is InChI=1S/C9H5F3N4O/c10-9(11,12)17-7-3-5(1-2-13)6(4-14)16-8(7)15/h3H,1H2,(H2,15,16). The van der Waals surface area contributed by atoms with Gasteiger partial charge in [0.1, 0.15) is 11.8 Å². The summed E-state index contributed by atoms with van der Waals surface area (Å²) in [6.07, 6.45) is -5.17. The average molecular weight is 242 g/mol. The highest BCUT2D eigenvalue weighted by Crippen LogP contribution is 2.29. The number of hydrogen-bond donors (Lipinski definition) is 1. The Kier molecular flexibility index (Phi) is 3.39. The van der Waals surface area contributed by atoms with Crippen molar-refractivity contribution < 1.29 is 17.9 Å². The van der Waals surface area contributed by atoms with E-state index in [2.05, 4.69) is 9.72 Å². The van der Waals surface area contributed by atoms with Gasteiger partial charge in [0.2, 0.25) is 0 Å². The van der Waals surface area contributed by atoms with Crippen molar-refractivity contribution in [3.63, 3.8) is 0 Å². The van der Waals surface area contributed by atoms with Gasteiger partial charge in [0.15, 0.2) is 11.6 Å². The number of ether oxygens (including phenoxy) is 1. The van der Waals surface area contributed by atoms with Gasteiger partial charge >= 0.3 is 6.36 Å². The molecule has 0 saturated heterocycles. The quantitative estimate of drug-likeness (QED) is 0.847. The molecule has 0 aliphatic heterocycles. The van der Waals surface area contributed by atoms with E-state index in [-0.39, 0.29) is 17.7 Å². The fraction of sp³-hybridized carbons (Fsp3) is 0.222. The minimum Gasteiger partial charge on any atom is -0.402 e. The SMILES string of the molecule is N#CCc1cc(OC(F)(F)F)c(N)nc1C#N. The molecule has 0 aliphatic rings. The van der Waals surface area contributed by atoms with Crippen molar-refractivity contribution in [3.8, 4) is 17.9 Å². The second-order valence-corrected chi connectivity index (χ2v) is 2.87. The van der Waals surface area contributed by atoms with Gasteiger partial charge in [0.05, 0.1) is 12.5 Å². The summed E-state index contributed by atoms with van der Waals surface area (Å²) in [5, 5.41) is 17.1. The highest BCUT2D eigenvalue weighted by molar-refractivity contribution is 5.52. The highest BCUT2D eigenvalue weighted by Gasteiger charge is 2.32. The van der Waals surface area contributed by atoms with E-state index in [0.29, 0.717) is 0 Å². The number of hydrogen-bond acceptors (Lipinski definition) is 5. The van der Waals surface area contributed by atoms with E-state index in [1.165, 1.54) is 0 Å². The normalized spacial score (nSPS) is 10.4. The molecule has 0 saturated carbocycles. The van der Waals surface area contributed by atoms with Crippen LogP contribution in [0.2, 0.25) is 0 Å². The Morgan fingerprint density at radius 3 is 2.53 bits per heavy atom. The zero-order valence-corrected chi connectivity index (χ0v) is 8.25. The first-order valence-electron chi connectivity index (χ1n) is 4.19. The van der Waals surface area contributed by atoms with Crippen molar-refractivity contribution >= 4 is 5.82 Å². The number of nitriles is 2. The van der Waals surface area contributed by atoms with Gasteiger partial charge in [-0.2, -0.15) is 10.5 Å². The number of anilines is 1. The third kappa shape index (κ3) is 3.24. The largest absolute Gasteiger partial charge is 0.573 e. The molecule has 0 spiro atoms. The summed E-state index contributed by atoms with van der Waals surface area (Å²) in [5.41, 5.74) is 5.03. The van der Waals surface area contributed by atoms with Crippen LogP contribution in [0.3, 0.4) is 0 Å². The van der Waals surface area contributed by atoms with Gasteiger partial charge in [-0.1, -0.05) is 0 Å². The van der Waals surface area contributed by atoms with Gasteiger partial charge in [-0.05, 0) is 6.07 Å². The van der Waals surface area contributed by atoms with E-state index in [9.17, 15) is 13.2 Å². The van der Waals surface area contributed by atoms with Crippen LogP contribution < -0.4 is 10.5 Å². The zero-order valence-electron chi connectivity index (χ0n) is 8.25. The molecule has 0 amide bonds. The van der Waals surface area contributed by atoms with Crippen LogP contribution >= 0.6 is 0 Å². The molecule has 0 bridgehead atoms. The maximum Gasteiger partial charge on any atom is 0.573 e. The van der Waals surface area contributed by atoms with Gasteiger partial charge in [-0.15, -0.1) is 13.2 Å². The lowest BCUT2D eigenvalue weighted by molar-refractivity contribution is -0.274. The van der Waals surface area contributed by atoms with E-state index in [0.717, 1.165) is 6.07 Å². The van der Waals surface area contributed by atoms with Crippen molar-refractivity contribution in [1.29, 1.82) is 10.5 Å². The molecule has 0 aromatic carbocycles. The minimum atomic E-state index is -4.91. The Hall–Kier alpha value is -2.48. The van der Waals surface area contributed by atoms with Crippen LogP contribution in [0.1, 0.15) is 11.3 Å². The van der Waals surface area contributed by atoms with E-state index >= 15 is 0 Å². The maximum absolute atomic E-state index is 12.0. The Labute approximate surface area is 93.8 Å². The van der Waals surface area contributed by atoms with Gasteiger partial charge in [-0.25, -0.2) is 4.98 Å². The highest BCUT2D eigenvalue weighted by atomic mass is 19.4. The summed E-state index contributed by atoms with van der Waals surface area (Å²) < 4.78 is 39.6. The van der Waals surface area contributed by atoms with E-state index in [4.69, 9.17) is 16.3 Å². The lowest BCUT2D eigenvalue weighted by Gasteiger charge is -2.11. The molecule has 1 aromatic rings. The Bertz CT molecular complexity index is 513. The molecule has 5 nitrogen and oxygen atoms in total. The number of rotatable bonds is 2. The summed E-state index contributed by atoms with van der Waals surface area (Å²) in [6, 6.07) is 4.22. The van der Waals surface area contributed by atoms with Gasteiger partial charge < -0.3 is 10.5 Å². The molecule has 0 atom stereocenters. The van der Waals surface area contributed by atoms with Crippen molar-refractivity contribution in [3.05, 3.63) is 17.3 Å². The van der Waals surface area contributed by atoms with Gasteiger partial charge in [-0.3, -0.25) is 0 Å². The number of aromatic nitrogens is 1. The second kappa shape index (κ2) is 4.58. The molecule has 17 heavy (non-hydrogen) atoms. The molecule has 2 N–H and O–H groups in total. The van der Waals surface area contributed by atoms with Crippen LogP contribution in [0.4, 0.5) is 19.0 Å². The lowest BCUT2D eigenvalue weighted by atomic mass is 10.1. The Morgan fingerprint density at radius 2 is 2.06 bits per heavy atom. The first-order valence-corrected chi connectivity index (χ1v) is 4.19. The lowest BCUT2D eigenvalue weighted by Crippen LogP contribution is -2.19. The summed E-state index contributed by atoms with van der Waals surface area (Å²) in [7, 11) is 0. The molecular formula is C9H5F3N4O. The number of halogens is 3. The van der Waals surface area contributed by atoms with Crippen molar-refractivity contribution in [1.82, 2.24) is 4.98 Å². The molecule has 88 valence electrons. The fourth-order valence-corrected chi connectivity index (χ4v) is 1.07. The third-order valence-electron chi connectivity index (χ3n) is 1.70. The molecular weight excluding hydrogens is 237 g/mol. The van der Waals surface area contributed by atoms with Crippen LogP contribution in [0.15, 0.2) is 6.07 Å². The monoisotopic (exact) mass is 242 g/mol. The van der Waals surface area contributed by atoms with E-state index in [1.54, 1.807) is 12.1 Å². The summed E-state index contributed by atoms with van der Waals surface area (Å²) in [5.74, 6) is -1.28. The Morgan fingerprint density at radius 1 is 1.41 bits per heavy atom. The number of alkyl halides is 3. The number of nitrogens with two attached hydrogens (primary N) is 1. The predicted octanol–water partition coefficient (Wildman–Crippen LogP) is 1.50. The number of nitrogen functional groups attached to an aromatic ring is 1. The molecule has 1 rings (SSSR count). The average Bonchev–Trinajstić information content (AvgIpc) is 2.21. The number of pyridine rings is 1. The first kappa shape index (κ1) is 12.6. The molecule has 0 fully saturated rings. The molecule has 8 heteroatoms. The molecule has 0 aliphatic carbocycles. The van der Waals surface area contributed by atoms with Crippen molar-refractivity contribution in [2.24, 2.45) is 0 Å². The fourth-order valence-electron chi connectivity index (χ4n) is 1.07. The predicted molar refractivity (Wildman–Crippen MR) is 49.4 cm³/mol. The minimum absolute atomic E-state index is 0.0310. The topological polar surface area (TPSA) is 95.7 Å². The first-order chi connectivity index (χ1) is 7.87. The van der Waals surface area contributed by atoms with E-state index < -0.39 is 17.9 Å². The third-order valence-corrected chi connectivity index (χ3v) is 1.70. The van der Waals surface area contributed by atoms with Crippen molar-refractivity contribution in [2.75, 3.05) is 5.73 Å². The molecule has 1 aromatic heterocycles. The van der Waals surface area contributed by atoms with Crippen LogP contribution in [0, 0.1) is 22.7 Å². The summed E-state index contributed by atoms with van der Waals surface area (Å²) >= 11 is 0. The number of nitrogens with zero attached hydrogens (tertiary/aromatic N) is 3. The van der Waals surface area contributed by atoms with Crippen LogP contribution in [0.5, 0.6) is 5.75 Å². The smallest absolute Gasteiger partial charge is 0.402 e.